The van der Waals surface area contributed by atoms with Crippen molar-refractivity contribution in [2.24, 2.45) is 9.98 Å². The zero-order chi connectivity index (χ0) is 26.8. The average molecular weight is 653 g/mol. The van der Waals surface area contributed by atoms with Crippen molar-refractivity contribution in [3.63, 3.8) is 0 Å². The Balaban J connectivity index is 0. The van der Waals surface area contributed by atoms with Gasteiger partial charge < -0.3 is 37.2 Å². The minimum atomic E-state index is 0. The molecule has 0 N–H and O–H groups in total. The van der Waals surface area contributed by atoms with Crippen LogP contribution >= 0.6 is 0 Å². The number of benzene rings is 2. The van der Waals surface area contributed by atoms with Gasteiger partial charge in [-0.05, 0) is 86.4 Å². The second-order valence-corrected chi connectivity index (χ2v) is 10.2. The van der Waals surface area contributed by atoms with Gasteiger partial charge in [-0.1, -0.05) is 89.8 Å². The van der Waals surface area contributed by atoms with Crippen LogP contribution in [0, 0.1) is 6.92 Å². The van der Waals surface area contributed by atoms with Crippen LogP contribution in [-0.2, 0) is 44.2 Å². The number of hydrogen-bond donors (Lipinski definition) is 0. The maximum absolute atomic E-state index is 5.18. The number of aromatic nitrogens is 1. The van der Waals surface area contributed by atoms with Crippen LogP contribution in [0.25, 0.3) is 0 Å². The van der Waals surface area contributed by atoms with E-state index < -0.39 is 0 Å². The molecule has 3 nitrogen and oxygen atoms in total. The first kappa shape index (κ1) is 41.5. The predicted octanol–water partition coefficient (Wildman–Crippen LogP) is 0.491. The molecular formula is C34H45Cl3N3V-3. The topological polar surface area (TPSA) is 37.6 Å². The second kappa shape index (κ2) is 21.1. The Hall–Kier alpha value is -1.62. The Labute approximate surface area is 279 Å². The molecule has 41 heavy (non-hydrogen) atoms. The number of pyridine rings is 1. The molecule has 0 saturated carbocycles. The standard InChI is InChI=1S/C34H45N3.3ClH.V/c1-8-14-27-18-12-19-28(15-9-2)33(27)35-25(6)31-22-24(5)23-32(37-31)26(7)36-34-29(16-10-3)20-13-21-30(34)17-11-4;;;;/h12-13,18-23H,8-11,14-17H2,1-7H3;3*1H;/p-3. The first-order valence-corrected chi connectivity index (χ1v) is 14.2. The minimum absolute atomic E-state index is 0. The Morgan fingerprint density at radius 1 is 0.585 bits per heavy atom. The monoisotopic (exact) mass is 651 g/mol. The summed E-state index contributed by atoms with van der Waals surface area (Å²) in [5.74, 6) is 0. The van der Waals surface area contributed by atoms with Gasteiger partial charge >= 0.3 is 0 Å². The van der Waals surface area contributed by atoms with E-state index in [0.717, 1.165) is 85.6 Å². The molecule has 0 spiro atoms. The van der Waals surface area contributed by atoms with Gasteiger partial charge in [0.15, 0.2) is 0 Å². The molecule has 0 aliphatic rings. The van der Waals surface area contributed by atoms with Gasteiger partial charge in [0, 0.05) is 18.6 Å². The molecule has 0 atom stereocenters. The van der Waals surface area contributed by atoms with E-state index in [9.17, 15) is 0 Å². The molecule has 0 saturated heterocycles. The summed E-state index contributed by atoms with van der Waals surface area (Å²) < 4.78 is 0. The van der Waals surface area contributed by atoms with Gasteiger partial charge in [-0.3, -0.25) is 9.98 Å². The van der Waals surface area contributed by atoms with Crippen LogP contribution in [0.2, 0.25) is 0 Å². The molecule has 1 radical (unpaired) electrons. The third-order valence-corrected chi connectivity index (χ3v) is 6.75. The zero-order valence-corrected chi connectivity index (χ0v) is 29.4. The Morgan fingerprint density at radius 2 is 0.878 bits per heavy atom. The van der Waals surface area contributed by atoms with Crippen LogP contribution in [0.4, 0.5) is 11.4 Å². The molecule has 0 fully saturated rings. The summed E-state index contributed by atoms with van der Waals surface area (Å²) in [4.78, 5) is 15.4. The summed E-state index contributed by atoms with van der Waals surface area (Å²) in [6.07, 6.45) is 8.60. The van der Waals surface area contributed by atoms with E-state index in [0.29, 0.717) is 0 Å². The Bertz CT molecular complexity index is 1130. The zero-order valence-electron chi connectivity index (χ0n) is 25.7. The van der Waals surface area contributed by atoms with E-state index in [4.69, 9.17) is 15.0 Å². The molecule has 0 unspecified atom stereocenters. The Kier molecular flexibility index (Phi) is 21.4. The smallest absolute Gasteiger partial charge is 0.0852 e. The second-order valence-electron chi connectivity index (χ2n) is 10.2. The minimum Gasteiger partial charge on any atom is -1.00 e. The van der Waals surface area contributed by atoms with Gasteiger partial charge in [-0.15, -0.1) is 0 Å². The Morgan fingerprint density at radius 3 is 1.15 bits per heavy atom. The van der Waals surface area contributed by atoms with Crippen LogP contribution in [-0.4, -0.2) is 16.4 Å². The fourth-order valence-corrected chi connectivity index (χ4v) is 4.95. The fraction of sp³-hybridized carbons (Fsp3) is 0.441. The molecular weight excluding hydrogens is 608 g/mol. The number of aryl methyl sites for hydroxylation is 5. The molecule has 2 aromatic carbocycles. The molecule has 7 heteroatoms. The summed E-state index contributed by atoms with van der Waals surface area (Å²) in [5.41, 5.74) is 12.5. The molecule has 3 rings (SSSR count). The van der Waals surface area contributed by atoms with Gasteiger partial charge in [0.25, 0.3) is 0 Å². The van der Waals surface area contributed by atoms with Gasteiger partial charge in [-0.2, -0.15) is 0 Å². The number of aliphatic imine (C=N–C) groups is 2. The SMILES string of the molecule is CCCc1cccc(CCC)c1N=C(C)c1cc(C)cc(C(C)=Nc2c(CCC)cccc2CCC)n1.[Cl-].[Cl-].[Cl-].[V]. The van der Waals surface area contributed by atoms with E-state index >= 15 is 0 Å². The molecule has 3 aromatic rings. The van der Waals surface area contributed by atoms with Crippen molar-refractivity contribution in [3.05, 3.63) is 87.7 Å². The molecule has 0 aliphatic carbocycles. The summed E-state index contributed by atoms with van der Waals surface area (Å²) >= 11 is 0. The predicted molar refractivity (Wildman–Crippen MR) is 162 cm³/mol. The van der Waals surface area contributed by atoms with Crippen molar-refractivity contribution in [3.8, 4) is 0 Å². The van der Waals surface area contributed by atoms with Gasteiger partial charge in [0.1, 0.15) is 0 Å². The van der Waals surface area contributed by atoms with E-state index in [2.05, 4.69) is 97.0 Å². The van der Waals surface area contributed by atoms with Crippen LogP contribution < -0.4 is 37.2 Å². The largest absolute Gasteiger partial charge is 1.00 e. The van der Waals surface area contributed by atoms with Crippen molar-refractivity contribution in [1.82, 2.24) is 4.98 Å². The number of halogens is 3. The number of rotatable bonds is 12. The number of hydrogen-bond acceptors (Lipinski definition) is 3. The maximum atomic E-state index is 5.18. The third kappa shape index (κ3) is 11.5. The maximum Gasteiger partial charge on any atom is 0.0852 e. The quantitative estimate of drug-likeness (QED) is 0.263. The average Bonchev–Trinajstić information content (AvgIpc) is 2.87. The van der Waals surface area contributed by atoms with Crippen LogP contribution in [0.3, 0.4) is 0 Å². The molecule has 1 aromatic heterocycles. The molecule has 1 heterocycles. The molecule has 0 bridgehead atoms. The van der Waals surface area contributed by atoms with E-state index in [1.165, 1.54) is 27.8 Å². The third-order valence-electron chi connectivity index (χ3n) is 6.75. The van der Waals surface area contributed by atoms with Crippen molar-refractivity contribution >= 4 is 22.8 Å². The van der Waals surface area contributed by atoms with Gasteiger partial charge in [0.2, 0.25) is 0 Å². The molecule has 225 valence electrons. The van der Waals surface area contributed by atoms with Crippen molar-refractivity contribution < 1.29 is 55.8 Å². The van der Waals surface area contributed by atoms with E-state index in [1.54, 1.807) is 0 Å². The van der Waals surface area contributed by atoms with Crippen LogP contribution in [0.1, 0.15) is 106 Å². The van der Waals surface area contributed by atoms with Crippen molar-refractivity contribution in [2.75, 3.05) is 0 Å². The van der Waals surface area contributed by atoms with Gasteiger partial charge in [0.05, 0.1) is 34.2 Å². The summed E-state index contributed by atoms with van der Waals surface area (Å²) in [6.45, 7) is 15.2. The summed E-state index contributed by atoms with van der Waals surface area (Å²) in [7, 11) is 0. The number of nitrogens with zero attached hydrogens (tertiary/aromatic N) is 3. The normalized spacial score (nSPS) is 11.1. The van der Waals surface area contributed by atoms with E-state index in [-0.39, 0.29) is 55.8 Å². The summed E-state index contributed by atoms with van der Waals surface area (Å²) in [6, 6.07) is 17.5. The first-order valence-electron chi connectivity index (χ1n) is 14.2. The van der Waals surface area contributed by atoms with Crippen molar-refractivity contribution in [2.45, 2.75) is 99.8 Å². The van der Waals surface area contributed by atoms with Gasteiger partial charge in [-0.25, -0.2) is 4.98 Å². The van der Waals surface area contributed by atoms with Crippen LogP contribution in [0.15, 0.2) is 58.5 Å². The molecule has 0 amide bonds. The van der Waals surface area contributed by atoms with Crippen LogP contribution in [0.5, 0.6) is 0 Å². The summed E-state index contributed by atoms with van der Waals surface area (Å²) in [5, 5.41) is 0. The first-order chi connectivity index (χ1) is 17.9. The molecule has 0 aliphatic heterocycles. The number of para-hydroxylation sites is 2. The van der Waals surface area contributed by atoms with Crippen molar-refractivity contribution in [1.29, 1.82) is 0 Å². The fourth-order valence-electron chi connectivity index (χ4n) is 4.95. The van der Waals surface area contributed by atoms with E-state index in [1.807, 2.05) is 0 Å².